The largest absolute Gasteiger partial charge is 0.326 e. The van der Waals surface area contributed by atoms with E-state index < -0.39 is 11.6 Å². The van der Waals surface area contributed by atoms with E-state index in [1.54, 1.807) is 11.5 Å². The molecule has 0 N–H and O–H groups in total. The maximum absolute atomic E-state index is 13.8. The summed E-state index contributed by atoms with van der Waals surface area (Å²) in [6.07, 6.45) is 0. The number of hydrogen-bond acceptors (Lipinski definition) is 1. The second kappa shape index (κ2) is 3.29. The van der Waals surface area contributed by atoms with Crippen LogP contribution in [0.3, 0.4) is 0 Å². The van der Waals surface area contributed by atoms with E-state index in [2.05, 4.69) is 4.98 Å². The van der Waals surface area contributed by atoms with Crippen molar-refractivity contribution in [2.45, 2.75) is 27.3 Å². The lowest BCUT2D eigenvalue weighted by molar-refractivity contribution is 0.570. The van der Waals surface area contributed by atoms with Crippen molar-refractivity contribution in [2.75, 3.05) is 0 Å². The number of imidazole rings is 1. The molecule has 0 aliphatic carbocycles. The van der Waals surface area contributed by atoms with Crippen molar-refractivity contribution in [3.8, 4) is 0 Å². The predicted octanol–water partition coefficient (Wildman–Crippen LogP) is 2.95. The molecular weight excluding hydrogens is 198 g/mol. The second-order valence-corrected chi connectivity index (χ2v) is 3.57. The summed E-state index contributed by atoms with van der Waals surface area (Å²) in [5.41, 5.74) is 0.834. The van der Waals surface area contributed by atoms with Gasteiger partial charge in [-0.1, -0.05) is 0 Å². The first kappa shape index (κ1) is 10.1. The van der Waals surface area contributed by atoms with Gasteiger partial charge in [-0.2, -0.15) is 0 Å². The van der Waals surface area contributed by atoms with Crippen molar-refractivity contribution in [3.05, 3.63) is 29.1 Å². The SMILES string of the molecule is CCn1c(C)nc2cc(F)c(C)c(F)c21. The minimum atomic E-state index is -0.541. The maximum Gasteiger partial charge on any atom is 0.154 e. The minimum absolute atomic E-state index is 0.0529. The van der Waals surface area contributed by atoms with Crippen molar-refractivity contribution < 1.29 is 8.78 Å². The highest BCUT2D eigenvalue weighted by Gasteiger charge is 2.15. The third kappa shape index (κ3) is 1.32. The molecule has 1 aromatic carbocycles. The van der Waals surface area contributed by atoms with Gasteiger partial charge in [0, 0.05) is 18.2 Å². The summed E-state index contributed by atoms with van der Waals surface area (Å²) >= 11 is 0. The van der Waals surface area contributed by atoms with Crippen LogP contribution in [0.5, 0.6) is 0 Å². The topological polar surface area (TPSA) is 17.8 Å². The van der Waals surface area contributed by atoms with E-state index in [4.69, 9.17) is 0 Å². The van der Waals surface area contributed by atoms with Crippen LogP contribution in [0.1, 0.15) is 18.3 Å². The van der Waals surface area contributed by atoms with Gasteiger partial charge in [0.2, 0.25) is 0 Å². The maximum atomic E-state index is 13.8. The van der Waals surface area contributed by atoms with Gasteiger partial charge in [0.1, 0.15) is 17.2 Å². The quantitative estimate of drug-likeness (QED) is 0.707. The molecule has 2 nitrogen and oxygen atoms in total. The monoisotopic (exact) mass is 210 g/mol. The summed E-state index contributed by atoms with van der Waals surface area (Å²) in [6, 6.07) is 1.28. The third-order valence-electron chi connectivity index (χ3n) is 2.66. The highest BCUT2D eigenvalue weighted by Crippen LogP contribution is 2.24. The van der Waals surface area contributed by atoms with E-state index >= 15 is 0 Å². The Balaban J connectivity index is 2.93. The molecule has 1 aromatic heterocycles. The zero-order chi connectivity index (χ0) is 11.2. The van der Waals surface area contributed by atoms with Gasteiger partial charge >= 0.3 is 0 Å². The summed E-state index contributed by atoms with van der Waals surface area (Å²) in [4.78, 5) is 4.13. The fourth-order valence-corrected chi connectivity index (χ4v) is 1.82. The smallest absolute Gasteiger partial charge is 0.154 e. The Labute approximate surface area is 86.5 Å². The van der Waals surface area contributed by atoms with E-state index in [-0.39, 0.29) is 5.56 Å². The number of hydrogen-bond donors (Lipinski definition) is 0. The summed E-state index contributed by atoms with van der Waals surface area (Å²) in [7, 11) is 0. The third-order valence-corrected chi connectivity index (χ3v) is 2.66. The van der Waals surface area contributed by atoms with Gasteiger partial charge in [0.15, 0.2) is 5.82 Å². The molecule has 0 aliphatic heterocycles. The van der Waals surface area contributed by atoms with Gasteiger partial charge in [0.25, 0.3) is 0 Å². The molecule has 0 amide bonds. The van der Waals surface area contributed by atoms with Crippen LogP contribution in [0.25, 0.3) is 11.0 Å². The molecule has 0 atom stereocenters. The first-order valence-corrected chi connectivity index (χ1v) is 4.87. The number of aromatic nitrogens is 2. The molecule has 0 radical (unpaired) electrons. The molecular formula is C11H12F2N2. The Morgan fingerprint density at radius 2 is 2.00 bits per heavy atom. The Bertz CT molecular complexity index is 529. The fraction of sp³-hybridized carbons (Fsp3) is 0.364. The first-order chi connectivity index (χ1) is 7.06. The summed E-state index contributed by atoms with van der Waals surface area (Å²) in [5.74, 6) is -0.343. The molecule has 0 saturated carbocycles. The average Bonchev–Trinajstić information content (AvgIpc) is 2.50. The lowest BCUT2D eigenvalue weighted by Crippen LogP contribution is -2.00. The highest BCUT2D eigenvalue weighted by molar-refractivity contribution is 5.78. The number of halogens is 2. The number of nitrogens with zero attached hydrogens (tertiary/aromatic N) is 2. The van der Waals surface area contributed by atoms with E-state index in [1.165, 1.54) is 13.0 Å². The van der Waals surface area contributed by atoms with Crippen LogP contribution in [-0.4, -0.2) is 9.55 Å². The van der Waals surface area contributed by atoms with Gasteiger partial charge in [-0.3, -0.25) is 0 Å². The molecule has 0 spiro atoms. The zero-order valence-electron chi connectivity index (χ0n) is 8.93. The number of benzene rings is 1. The van der Waals surface area contributed by atoms with E-state index in [0.717, 1.165) is 0 Å². The molecule has 0 unspecified atom stereocenters. The molecule has 80 valence electrons. The second-order valence-electron chi connectivity index (χ2n) is 3.57. The number of aryl methyl sites for hydroxylation is 2. The Kier molecular flexibility index (Phi) is 2.21. The minimum Gasteiger partial charge on any atom is -0.326 e. The van der Waals surface area contributed by atoms with E-state index in [0.29, 0.717) is 23.4 Å². The first-order valence-electron chi connectivity index (χ1n) is 4.87. The van der Waals surface area contributed by atoms with Crippen molar-refractivity contribution >= 4 is 11.0 Å². The molecule has 1 heterocycles. The van der Waals surface area contributed by atoms with Crippen LogP contribution in [-0.2, 0) is 6.54 Å². The van der Waals surface area contributed by atoms with E-state index in [9.17, 15) is 8.78 Å². The van der Waals surface area contributed by atoms with Crippen molar-refractivity contribution in [3.63, 3.8) is 0 Å². The lowest BCUT2D eigenvalue weighted by atomic mass is 10.2. The molecule has 0 aliphatic rings. The zero-order valence-corrected chi connectivity index (χ0v) is 8.93. The Morgan fingerprint density at radius 3 is 2.60 bits per heavy atom. The summed E-state index contributed by atoms with van der Waals surface area (Å²) in [5, 5.41) is 0. The van der Waals surface area contributed by atoms with Gasteiger partial charge in [0.05, 0.1) is 5.52 Å². The van der Waals surface area contributed by atoms with Gasteiger partial charge in [-0.05, 0) is 20.8 Å². The van der Waals surface area contributed by atoms with Crippen LogP contribution in [0.4, 0.5) is 8.78 Å². The van der Waals surface area contributed by atoms with Crippen molar-refractivity contribution in [1.82, 2.24) is 9.55 Å². The van der Waals surface area contributed by atoms with Crippen LogP contribution in [0.2, 0.25) is 0 Å². The predicted molar refractivity (Wildman–Crippen MR) is 54.8 cm³/mol. The van der Waals surface area contributed by atoms with Crippen LogP contribution >= 0.6 is 0 Å². The normalized spacial score (nSPS) is 11.3. The average molecular weight is 210 g/mol. The number of rotatable bonds is 1. The molecule has 2 aromatic rings. The Hall–Kier alpha value is -1.45. The standard InChI is InChI=1S/C11H12F2N2/c1-4-15-7(3)14-9-5-8(12)6(2)10(13)11(9)15/h5H,4H2,1-3H3. The fourth-order valence-electron chi connectivity index (χ4n) is 1.82. The molecule has 15 heavy (non-hydrogen) atoms. The summed E-state index contributed by atoms with van der Waals surface area (Å²) < 4.78 is 28.8. The van der Waals surface area contributed by atoms with Crippen LogP contribution in [0, 0.1) is 25.5 Å². The Morgan fingerprint density at radius 1 is 1.33 bits per heavy atom. The van der Waals surface area contributed by atoms with Crippen LogP contribution in [0.15, 0.2) is 6.07 Å². The van der Waals surface area contributed by atoms with Crippen molar-refractivity contribution in [2.24, 2.45) is 0 Å². The van der Waals surface area contributed by atoms with Gasteiger partial charge in [-0.25, -0.2) is 13.8 Å². The van der Waals surface area contributed by atoms with Gasteiger partial charge in [-0.15, -0.1) is 0 Å². The van der Waals surface area contributed by atoms with Crippen LogP contribution < -0.4 is 0 Å². The lowest BCUT2D eigenvalue weighted by Gasteiger charge is -2.05. The molecule has 2 rings (SSSR count). The molecule has 0 saturated heterocycles. The van der Waals surface area contributed by atoms with E-state index in [1.807, 2.05) is 6.92 Å². The molecule has 0 bridgehead atoms. The van der Waals surface area contributed by atoms with Gasteiger partial charge < -0.3 is 4.57 Å². The number of fused-ring (bicyclic) bond motifs is 1. The molecule has 4 heteroatoms. The van der Waals surface area contributed by atoms with Crippen molar-refractivity contribution in [1.29, 1.82) is 0 Å². The summed E-state index contributed by atoms with van der Waals surface area (Å²) in [6.45, 7) is 5.76. The highest BCUT2D eigenvalue weighted by atomic mass is 19.1. The molecule has 0 fully saturated rings.